The van der Waals surface area contributed by atoms with Crippen LogP contribution in [-0.2, 0) is 41.9 Å². The number of amides is 3. The Hall–Kier alpha value is -2.95. The fourth-order valence-electron chi connectivity index (χ4n) is 5.75. The van der Waals surface area contributed by atoms with Crippen molar-refractivity contribution < 1.29 is 99.3 Å². The van der Waals surface area contributed by atoms with Crippen molar-refractivity contribution in [2.24, 2.45) is 0 Å². The minimum atomic E-state index is -1.53. The number of hydrogen-bond donors (Lipinski definition) is 6. The van der Waals surface area contributed by atoms with Crippen LogP contribution >= 0.6 is 0 Å². The molecule has 3 unspecified atom stereocenters. The summed E-state index contributed by atoms with van der Waals surface area (Å²) in [5.41, 5.74) is 0.780. The fourth-order valence-corrected chi connectivity index (χ4v) is 5.75. The summed E-state index contributed by atoms with van der Waals surface area (Å²) in [6.07, 6.45) is -1.28. The number of carbonyl (C=O) groups excluding carboxylic acids is 6. The third-order valence-electron chi connectivity index (χ3n) is 8.32. The number of hydrogen-bond acceptors (Lipinski definition) is 16. The Morgan fingerprint density at radius 2 is 0.904 bits per heavy atom. The van der Waals surface area contributed by atoms with Gasteiger partial charge in [0.05, 0.1) is 61.2 Å². The molecule has 291 valence electrons. The van der Waals surface area contributed by atoms with E-state index in [1.54, 1.807) is 18.2 Å². The number of carbonyl (C=O) groups is 6. The SMILES string of the molecule is O=C(CCC(C(=O)[O-])N1CCN(C(CCC(=O)NCCO)C(=O)[O-])Cc2cccc(n2)CN(C(CCC(=O)NCCO)C(=O)[O-])CC1)NCCO.[Gd+3]. The first kappa shape index (κ1) is 47.1. The molecule has 3 amide bonds. The van der Waals surface area contributed by atoms with Crippen LogP contribution in [-0.4, -0.2) is 154 Å². The number of carboxylic acids is 3. The molecule has 0 saturated heterocycles. The van der Waals surface area contributed by atoms with E-state index < -0.39 is 53.8 Å². The van der Waals surface area contributed by atoms with Crippen LogP contribution in [0.25, 0.3) is 0 Å². The Balaban J connectivity index is 0.0000135. The maximum absolute atomic E-state index is 12.5. The van der Waals surface area contributed by atoms with E-state index in [1.807, 2.05) is 0 Å². The molecule has 0 fully saturated rings. The van der Waals surface area contributed by atoms with Gasteiger partial charge in [-0.15, -0.1) is 0 Å². The van der Waals surface area contributed by atoms with E-state index in [2.05, 4.69) is 20.9 Å². The largest absolute Gasteiger partial charge is 3.00 e. The zero-order valence-electron chi connectivity index (χ0n) is 28.9. The van der Waals surface area contributed by atoms with Gasteiger partial charge in [-0.2, -0.15) is 0 Å². The van der Waals surface area contributed by atoms with Gasteiger partial charge in [0.1, 0.15) is 0 Å². The third-order valence-corrected chi connectivity index (χ3v) is 8.32. The summed E-state index contributed by atoms with van der Waals surface area (Å²) in [7, 11) is 0. The number of aliphatic carboxylic acids is 3. The molecule has 2 rings (SSSR count). The van der Waals surface area contributed by atoms with Crippen molar-refractivity contribution in [1.82, 2.24) is 35.6 Å². The Labute approximate surface area is 333 Å². The topological polar surface area (TPSA) is 291 Å². The zero-order valence-corrected chi connectivity index (χ0v) is 31.1. The van der Waals surface area contributed by atoms with E-state index >= 15 is 0 Å². The molecular weight excluding hydrogens is 832 g/mol. The molecule has 52 heavy (non-hydrogen) atoms. The van der Waals surface area contributed by atoms with E-state index in [1.165, 1.54) is 14.7 Å². The average Bonchev–Trinajstić information content (AvgIpc) is 3.08. The summed E-state index contributed by atoms with van der Waals surface area (Å²) in [6.45, 7) is -1.53. The normalized spacial score (nSPS) is 16.1. The van der Waals surface area contributed by atoms with Crippen molar-refractivity contribution in [1.29, 1.82) is 0 Å². The molecule has 0 saturated carbocycles. The quantitative estimate of drug-likeness (QED) is 0.0669. The molecule has 1 aromatic rings. The molecule has 3 atom stereocenters. The number of aliphatic hydroxyl groups excluding tert-OH is 3. The van der Waals surface area contributed by atoms with E-state index in [0.29, 0.717) is 11.4 Å². The van der Waals surface area contributed by atoms with Crippen LogP contribution in [0.5, 0.6) is 0 Å². The number of carboxylic acid groups (broad SMARTS) is 3. The maximum atomic E-state index is 12.5. The Morgan fingerprint density at radius 3 is 1.21 bits per heavy atom. The molecule has 2 bridgehead atoms. The van der Waals surface area contributed by atoms with E-state index in [0.717, 1.165) is 0 Å². The van der Waals surface area contributed by atoms with Gasteiger partial charge in [-0.05, 0) is 31.4 Å². The number of fused-ring (bicyclic) bond motifs is 2. The van der Waals surface area contributed by atoms with E-state index in [-0.39, 0.29) is 157 Å². The smallest absolute Gasteiger partial charge is 0.548 e. The van der Waals surface area contributed by atoms with Gasteiger partial charge >= 0.3 is 39.9 Å². The summed E-state index contributed by atoms with van der Waals surface area (Å²) < 4.78 is 0. The van der Waals surface area contributed by atoms with Gasteiger partial charge in [-0.1, -0.05) is 6.07 Å². The second-order valence-corrected chi connectivity index (χ2v) is 11.9. The molecule has 1 aromatic heterocycles. The minimum absolute atomic E-state index is 0. The number of aromatic nitrogens is 1. The van der Waals surface area contributed by atoms with Gasteiger partial charge in [0.25, 0.3) is 0 Å². The molecule has 1 aliphatic heterocycles. The van der Waals surface area contributed by atoms with Crippen LogP contribution in [0.2, 0.25) is 0 Å². The second kappa shape index (κ2) is 25.9. The van der Waals surface area contributed by atoms with Crippen molar-refractivity contribution in [3.8, 4) is 0 Å². The summed E-state index contributed by atoms with van der Waals surface area (Å²) in [5, 5.41) is 71.7. The number of nitrogens with one attached hydrogen (secondary N) is 3. The predicted octanol–water partition coefficient (Wildman–Crippen LogP) is -6.98. The molecule has 20 heteroatoms. The van der Waals surface area contributed by atoms with Crippen molar-refractivity contribution in [3.63, 3.8) is 0 Å². The first-order valence-electron chi connectivity index (χ1n) is 16.8. The second-order valence-electron chi connectivity index (χ2n) is 11.9. The fraction of sp³-hybridized carbons (Fsp3) is 0.656. The van der Waals surface area contributed by atoms with Gasteiger partial charge in [-0.3, -0.25) is 34.1 Å². The third kappa shape index (κ3) is 17.3. The summed E-state index contributed by atoms with van der Waals surface area (Å²) in [5.74, 6) is -6.00. The molecule has 1 radical (unpaired) electrons. The summed E-state index contributed by atoms with van der Waals surface area (Å²) in [6, 6.07) is 0.891. The molecule has 2 heterocycles. The van der Waals surface area contributed by atoms with E-state index in [9.17, 15) is 44.1 Å². The molecule has 19 nitrogen and oxygen atoms in total. The van der Waals surface area contributed by atoms with Crippen LogP contribution in [0.4, 0.5) is 0 Å². The van der Waals surface area contributed by atoms with E-state index in [4.69, 9.17) is 15.3 Å². The van der Waals surface area contributed by atoms with Gasteiger partial charge in [0.2, 0.25) is 17.7 Å². The molecule has 0 aromatic carbocycles. The standard InChI is InChI=1S/C32H51N7O12.Gd/c40-17-10-33-27(43)7-4-24(30(46)47)37-13-15-38(25(31(48)49)5-8-28(44)34-11-18-41)20-22-2-1-3-23(36-22)21-39(16-14-37)26(32(50)51)6-9-29(45)35-12-19-42;/h1-3,24-26,40-42H,4-21H2,(H,33,43)(H,34,44)(H,35,45)(H,46,47)(H,48,49)(H,50,51);/q;+3/p-3. The zero-order chi connectivity index (χ0) is 37.8. The molecule has 0 spiro atoms. The number of pyridine rings is 1. The van der Waals surface area contributed by atoms with Crippen LogP contribution in [0.15, 0.2) is 18.2 Å². The number of aliphatic hydroxyl groups is 3. The molecular formula is C32H48GdN7O12. The van der Waals surface area contributed by atoms with Crippen molar-refractivity contribution in [2.75, 3.05) is 65.6 Å². The molecule has 6 N–H and O–H groups in total. The first-order chi connectivity index (χ1) is 24.4. The Morgan fingerprint density at radius 1 is 0.596 bits per heavy atom. The van der Waals surface area contributed by atoms with Crippen molar-refractivity contribution >= 4 is 35.6 Å². The molecule has 1 aliphatic rings. The van der Waals surface area contributed by atoms with Gasteiger partial charge in [0.15, 0.2) is 0 Å². The van der Waals surface area contributed by atoms with Gasteiger partial charge < -0.3 is 61.0 Å². The van der Waals surface area contributed by atoms with Gasteiger partial charge in [-0.25, -0.2) is 0 Å². The molecule has 0 aliphatic carbocycles. The van der Waals surface area contributed by atoms with Crippen LogP contribution in [0, 0.1) is 39.9 Å². The predicted molar refractivity (Wildman–Crippen MR) is 171 cm³/mol. The van der Waals surface area contributed by atoms with Crippen molar-refractivity contribution in [3.05, 3.63) is 29.6 Å². The Bertz CT molecular complexity index is 1240. The summed E-state index contributed by atoms with van der Waals surface area (Å²) >= 11 is 0. The summed E-state index contributed by atoms with van der Waals surface area (Å²) in [4.78, 5) is 83.2. The number of rotatable bonds is 21. The van der Waals surface area contributed by atoms with Crippen LogP contribution in [0.1, 0.15) is 49.9 Å². The first-order valence-corrected chi connectivity index (χ1v) is 16.8. The monoisotopic (exact) mass is 880 g/mol. The van der Waals surface area contributed by atoms with Crippen LogP contribution in [0.3, 0.4) is 0 Å². The maximum Gasteiger partial charge on any atom is 3.00 e. The van der Waals surface area contributed by atoms with Crippen LogP contribution < -0.4 is 31.3 Å². The minimum Gasteiger partial charge on any atom is -0.548 e. The van der Waals surface area contributed by atoms with Gasteiger partial charge in [0, 0.05) is 84.2 Å². The number of nitrogens with zero attached hydrogens (tertiary/aromatic N) is 4. The average molecular weight is 880 g/mol. The van der Waals surface area contributed by atoms with Crippen molar-refractivity contribution in [2.45, 2.75) is 69.7 Å². The Kier molecular flexibility index (Phi) is 23.5.